The molecule has 0 aliphatic carbocycles. The number of rotatable bonds is 9. The highest BCUT2D eigenvalue weighted by molar-refractivity contribution is 5.91. The van der Waals surface area contributed by atoms with Crippen molar-refractivity contribution in [2.75, 3.05) is 33.2 Å². The van der Waals surface area contributed by atoms with E-state index in [0.29, 0.717) is 19.6 Å². The van der Waals surface area contributed by atoms with Crippen molar-refractivity contribution in [1.29, 1.82) is 0 Å². The summed E-state index contributed by atoms with van der Waals surface area (Å²) >= 11 is 0. The smallest absolute Gasteiger partial charge is 0.334 e. The molecule has 1 N–H and O–H groups in total. The molecule has 2 aliphatic rings. The summed E-state index contributed by atoms with van der Waals surface area (Å²) in [4.78, 5) is 43.2. The number of carbonyl (C=O) groups is 3. The quantitative estimate of drug-likeness (QED) is 0.411. The van der Waals surface area contributed by atoms with Crippen molar-refractivity contribution in [3.05, 3.63) is 35.5 Å². The summed E-state index contributed by atoms with van der Waals surface area (Å²) in [5.74, 6) is -0.193. The Balaban J connectivity index is 2.26. The maximum atomic E-state index is 13.5. The first-order chi connectivity index (χ1) is 16.2. The van der Waals surface area contributed by atoms with Gasteiger partial charge in [-0.2, -0.15) is 0 Å². The Morgan fingerprint density at radius 2 is 1.94 bits per heavy atom. The SMILES string of the molecule is C/C=C\C=C(/CC)CCCN1CC2N(C(=O)CN(C)N2C(=O)NC/C(C)=C/C)[C@@H](C(C)C)C1=O. The van der Waals surface area contributed by atoms with Gasteiger partial charge in [0.05, 0.1) is 13.1 Å². The zero-order valence-electron chi connectivity index (χ0n) is 22.0. The van der Waals surface area contributed by atoms with Gasteiger partial charge in [0.15, 0.2) is 0 Å². The number of hydrazine groups is 1. The van der Waals surface area contributed by atoms with Crippen LogP contribution in [0.1, 0.15) is 60.8 Å². The topological polar surface area (TPSA) is 76.2 Å². The summed E-state index contributed by atoms with van der Waals surface area (Å²) in [6.07, 6.45) is 10.4. The standard InChI is InChI=1S/C26H43N5O3/c1-8-11-13-21(10-3)14-12-15-29-17-22-30(24(19(4)5)25(29)33)23(32)18-28(7)31(22)26(34)27-16-20(6)9-2/h8-9,11,13,19,22,24H,10,12,14-18H2,1-7H3,(H,27,34)/b11-8-,20-9+,21-13+/t22?,24-/m0/s1. The second kappa shape index (κ2) is 12.7. The van der Waals surface area contributed by atoms with Crippen molar-refractivity contribution in [1.82, 2.24) is 25.1 Å². The van der Waals surface area contributed by atoms with Crippen molar-refractivity contribution in [3.8, 4) is 0 Å². The largest absolute Gasteiger partial charge is 0.337 e. The summed E-state index contributed by atoms with van der Waals surface area (Å²) in [5.41, 5.74) is 2.40. The van der Waals surface area contributed by atoms with E-state index in [-0.39, 0.29) is 30.3 Å². The molecule has 34 heavy (non-hydrogen) atoms. The number of hydrogen-bond donors (Lipinski definition) is 1. The molecule has 2 heterocycles. The van der Waals surface area contributed by atoms with E-state index < -0.39 is 12.2 Å². The number of hydrogen-bond acceptors (Lipinski definition) is 4. The Kier molecular flexibility index (Phi) is 10.4. The van der Waals surface area contributed by atoms with Crippen LogP contribution >= 0.6 is 0 Å². The summed E-state index contributed by atoms with van der Waals surface area (Å²) in [7, 11) is 1.75. The Labute approximate surface area is 205 Å². The van der Waals surface area contributed by atoms with Gasteiger partial charge in [-0.3, -0.25) is 9.59 Å². The van der Waals surface area contributed by atoms with Crippen molar-refractivity contribution < 1.29 is 14.4 Å². The lowest BCUT2D eigenvalue weighted by molar-refractivity contribution is -0.189. The molecular weight excluding hydrogens is 430 g/mol. The minimum absolute atomic E-state index is 0.0234. The predicted octanol–water partition coefficient (Wildman–Crippen LogP) is 3.54. The summed E-state index contributed by atoms with van der Waals surface area (Å²) in [6, 6.07) is -0.831. The van der Waals surface area contributed by atoms with Crippen molar-refractivity contribution in [2.24, 2.45) is 5.92 Å². The minimum Gasteiger partial charge on any atom is -0.337 e. The molecule has 8 heteroatoms. The summed E-state index contributed by atoms with van der Waals surface area (Å²) in [6.45, 7) is 13.4. The number of likely N-dealkylation sites (N-methyl/N-ethyl adjacent to an activating group) is 1. The Bertz CT molecular complexity index is 832. The average Bonchev–Trinajstić information content (AvgIpc) is 2.79. The van der Waals surface area contributed by atoms with Crippen LogP contribution in [0, 0.1) is 5.92 Å². The molecule has 2 aliphatic heterocycles. The van der Waals surface area contributed by atoms with Crippen LogP contribution < -0.4 is 5.32 Å². The second-order valence-corrected chi connectivity index (χ2v) is 9.52. The van der Waals surface area contributed by atoms with E-state index in [0.717, 1.165) is 24.8 Å². The fraction of sp³-hybridized carbons (Fsp3) is 0.654. The summed E-state index contributed by atoms with van der Waals surface area (Å²) in [5, 5.41) is 6.24. The molecule has 8 nitrogen and oxygen atoms in total. The fourth-order valence-electron chi connectivity index (χ4n) is 4.57. The van der Waals surface area contributed by atoms with E-state index in [1.54, 1.807) is 22.0 Å². The van der Waals surface area contributed by atoms with E-state index in [9.17, 15) is 14.4 Å². The van der Waals surface area contributed by atoms with E-state index >= 15 is 0 Å². The molecule has 2 rings (SSSR count). The van der Waals surface area contributed by atoms with E-state index in [1.807, 2.05) is 57.7 Å². The third-order valence-corrected chi connectivity index (χ3v) is 6.63. The van der Waals surface area contributed by atoms with Gasteiger partial charge in [0.25, 0.3) is 0 Å². The van der Waals surface area contributed by atoms with Gasteiger partial charge in [-0.1, -0.05) is 56.2 Å². The highest BCUT2D eigenvalue weighted by Gasteiger charge is 2.51. The first-order valence-electron chi connectivity index (χ1n) is 12.5. The Morgan fingerprint density at radius 3 is 2.53 bits per heavy atom. The van der Waals surface area contributed by atoms with E-state index in [4.69, 9.17) is 0 Å². The molecule has 0 saturated carbocycles. The molecule has 0 bridgehead atoms. The number of piperazine rings is 1. The zero-order chi connectivity index (χ0) is 25.4. The van der Waals surface area contributed by atoms with Crippen LogP contribution in [-0.4, -0.2) is 83.1 Å². The molecule has 2 saturated heterocycles. The first kappa shape index (κ1) is 27.6. The van der Waals surface area contributed by atoms with Gasteiger partial charge in [-0.25, -0.2) is 14.8 Å². The number of nitrogens with one attached hydrogen (secondary N) is 1. The average molecular weight is 474 g/mol. The van der Waals surface area contributed by atoms with Gasteiger partial charge < -0.3 is 15.1 Å². The third kappa shape index (κ3) is 6.50. The van der Waals surface area contributed by atoms with Crippen LogP contribution in [0.25, 0.3) is 0 Å². The number of nitrogens with zero attached hydrogens (tertiary/aromatic N) is 4. The molecule has 0 aromatic heterocycles. The number of urea groups is 1. The van der Waals surface area contributed by atoms with Gasteiger partial charge in [0.2, 0.25) is 11.8 Å². The van der Waals surface area contributed by atoms with E-state index in [2.05, 4.69) is 18.3 Å². The van der Waals surface area contributed by atoms with Crippen LogP contribution in [0.2, 0.25) is 0 Å². The molecule has 0 aromatic carbocycles. The Morgan fingerprint density at radius 1 is 1.24 bits per heavy atom. The highest BCUT2D eigenvalue weighted by atomic mass is 16.2. The molecule has 0 aromatic rings. The maximum absolute atomic E-state index is 13.5. The van der Waals surface area contributed by atoms with Gasteiger partial charge in [-0.15, -0.1) is 0 Å². The van der Waals surface area contributed by atoms with Crippen LogP contribution in [0.4, 0.5) is 4.79 Å². The monoisotopic (exact) mass is 473 g/mol. The number of amides is 4. The molecule has 4 amide bonds. The lowest BCUT2D eigenvalue weighted by Crippen LogP contribution is -2.76. The lowest BCUT2D eigenvalue weighted by Gasteiger charge is -2.55. The second-order valence-electron chi connectivity index (χ2n) is 9.52. The molecule has 0 radical (unpaired) electrons. The number of carbonyl (C=O) groups excluding carboxylic acids is 3. The van der Waals surface area contributed by atoms with Gasteiger partial charge in [-0.05, 0) is 46.0 Å². The van der Waals surface area contributed by atoms with Gasteiger partial charge in [0.1, 0.15) is 12.2 Å². The van der Waals surface area contributed by atoms with Gasteiger partial charge >= 0.3 is 6.03 Å². The highest BCUT2D eigenvalue weighted by Crippen LogP contribution is 2.29. The third-order valence-electron chi connectivity index (χ3n) is 6.63. The van der Waals surface area contributed by atoms with Crippen molar-refractivity contribution in [2.45, 2.75) is 73.0 Å². The fourth-order valence-corrected chi connectivity index (χ4v) is 4.57. The van der Waals surface area contributed by atoms with Crippen LogP contribution in [0.15, 0.2) is 35.5 Å². The molecule has 0 spiro atoms. The van der Waals surface area contributed by atoms with E-state index in [1.165, 1.54) is 5.57 Å². The maximum Gasteiger partial charge on any atom is 0.334 e. The molecule has 1 unspecified atom stereocenters. The predicted molar refractivity (Wildman–Crippen MR) is 136 cm³/mol. The summed E-state index contributed by atoms with van der Waals surface area (Å²) < 4.78 is 0. The lowest BCUT2D eigenvalue weighted by atomic mass is 9.96. The molecule has 2 atom stereocenters. The normalized spacial score (nSPS) is 22.8. The molecule has 2 fully saturated rings. The molecule has 190 valence electrons. The van der Waals surface area contributed by atoms with Crippen LogP contribution in [0.3, 0.4) is 0 Å². The van der Waals surface area contributed by atoms with Crippen molar-refractivity contribution in [3.63, 3.8) is 0 Å². The molecular formula is C26H43N5O3. The van der Waals surface area contributed by atoms with Gasteiger partial charge in [0, 0.05) is 20.1 Å². The van der Waals surface area contributed by atoms with Crippen molar-refractivity contribution >= 4 is 17.8 Å². The minimum atomic E-state index is -0.572. The first-order valence-corrected chi connectivity index (χ1v) is 12.5. The van der Waals surface area contributed by atoms with Crippen LogP contribution in [0.5, 0.6) is 0 Å². The zero-order valence-corrected chi connectivity index (χ0v) is 22.0. The number of fused-ring (bicyclic) bond motifs is 1. The Hall–Kier alpha value is -2.61. The number of allylic oxidation sites excluding steroid dienone is 5. The van der Waals surface area contributed by atoms with Crippen LogP contribution in [-0.2, 0) is 9.59 Å².